The van der Waals surface area contributed by atoms with Crippen molar-refractivity contribution in [1.29, 1.82) is 0 Å². The molecule has 0 saturated carbocycles. The lowest BCUT2D eigenvalue weighted by atomic mass is 10.1. The Morgan fingerprint density at radius 1 is 1.24 bits per heavy atom. The van der Waals surface area contributed by atoms with Gasteiger partial charge in [0.15, 0.2) is 6.61 Å². The quantitative estimate of drug-likeness (QED) is 0.186. The fraction of sp³-hybridized carbons (Fsp3) is 0.250. The van der Waals surface area contributed by atoms with Crippen LogP contribution in [0.2, 0.25) is 0 Å². The molecule has 194 valence electrons. The van der Waals surface area contributed by atoms with Crippen molar-refractivity contribution in [1.82, 2.24) is 4.90 Å². The lowest BCUT2D eigenvalue weighted by Gasteiger charge is -2.22. The number of amides is 2. The maximum absolute atomic E-state index is 12.7. The summed E-state index contributed by atoms with van der Waals surface area (Å²) >= 11 is 6.13. The molecular weight excluding hydrogens is 520 g/mol. The minimum absolute atomic E-state index is 0.136. The number of hydrogen-bond acceptors (Lipinski definition) is 9. The molecule has 1 saturated heterocycles. The van der Waals surface area contributed by atoms with Crippen LogP contribution in [-0.2, 0) is 14.4 Å². The van der Waals surface area contributed by atoms with Crippen LogP contribution in [0.25, 0.3) is 6.08 Å². The predicted molar refractivity (Wildman–Crippen MR) is 145 cm³/mol. The van der Waals surface area contributed by atoms with Gasteiger partial charge in [0, 0.05) is 48.2 Å². The second kappa shape index (κ2) is 12.3. The van der Waals surface area contributed by atoms with Gasteiger partial charge < -0.3 is 20.1 Å². The van der Waals surface area contributed by atoms with Crippen LogP contribution in [0.5, 0.6) is 5.75 Å². The van der Waals surface area contributed by atoms with Crippen LogP contribution < -0.4 is 15.0 Å². The summed E-state index contributed by atoms with van der Waals surface area (Å²) < 4.78 is 5.95. The number of thioether (sulfide) groups is 1. The summed E-state index contributed by atoms with van der Waals surface area (Å²) in [5.74, 6) is -1.92. The van der Waals surface area contributed by atoms with E-state index in [2.05, 4.69) is 10.2 Å². The summed E-state index contributed by atoms with van der Waals surface area (Å²) in [5, 5.41) is 22.6. The van der Waals surface area contributed by atoms with Crippen molar-refractivity contribution in [3.63, 3.8) is 0 Å². The van der Waals surface area contributed by atoms with E-state index in [0.29, 0.717) is 11.3 Å². The fourth-order valence-electron chi connectivity index (χ4n) is 3.50. The molecule has 0 spiro atoms. The normalized spacial score (nSPS) is 14.1. The molecule has 0 unspecified atom stereocenters. The van der Waals surface area contributed by atoms with Crippen LogP contribution in [-0.4, -0.2) is 63.3 Å². The molecule has 2 N–H and O–H groups in total. The summed E-state index contributed by atoms with van der Waals surface area (Å²) in [5.41, 5.74) is 1.43. The zero-order valence-corrected chi connectivity index (χ0v) is 21.6. The van der Waals surface area contributed by atoms with Crippen molar-refractivity contribution >= 4 is 69.2 Å². The van der Waals surface area contributed by atoms with Gasteiger partial charge in [0.05, 0.1) is 9.83 Å². The molecule has 2 aromatic rings. The molecule has 2 aromatic carbocycles. The van der Waals surface area contributed by atoms with Crippen LogP contribution in [0.1, 0.15) is 19.4 Å². The number of nitro benzene ring substituents is 1. The topological polar surface area (TPSA) is 142 Å². The molecule has 3 rings (SSSR count). The highest BCUT2D eigenvalue weighted by Gasteiger charge is 2.33. The number of benzene rings is 2. The van der Waals surface area contributed by atoms with Crippen molar-refractivity contribution in [3.8, 4) is 5.75 Å². The number of rotatable bonds is 11. The number of carbonyl (C=O) groups is 3. The molecule has 13 heteroatoms. The van der Waals surface area contributed by atoms with Crippen molar-refractivity contribution < 1.29 is 29.2 Å². The monoisotopic (exact) mass is 544 g/mol. The Morgan fingerprint density at radius 3 is 2.62 bits per heavy atom. The van der Waals surface area contributed by atoms with E-state index in [0.717, 1.165) is 35.4 Å². The molecule has 2 amide bonds. The Balaban J connectivity index is 1.84. The summed E-state index contributed by atoms with van der Waals surface area (Å²) in [6.07, 6.45) is 1.54. The van der Waals surface area contributed by atoms with Crippen molar-refractivity contribution in [2.75, 3.05) is 36.5 Å². The third kappa shape index (κ3) is 7.05. The number of nitrogens with one attached hydrogen (secondary N) is 1. The van der Waals surface area contributed by atoms with Crippen molar-refractivity contribution in [2.24, 2.45) is 0 Å². The Labute approximate surface area is 222 Å². The first-order chi connectivity index (χ1) is 17.6. The molecule has 1 heterocycles. The van der Waals surface area contributed by atoms with Crippen LogP contribution in [0.4, 0.5) is 17.1 Å². The number of ether oxygens (including phenoxy) is 1. The van der Waals surface area contributed by atoms with Crippen LogP contribution in [0, 0.1) is 10.1 Å². The molecule has 1 aliphatic heterocycles. The number of carboxylic acids is 1. The smallest absolute Gasteiger partial charge is 0.323 e. The summed E-state index contributed by atoms with van der Waals surface area (Å²) in [4.78, 5) is 50.0. The van der Waals surface area contributed by atoms with E-state index in [1.54, 1.807) is 18.2 Å². The van der Waals surface area contributed by atoms with E-state index < -0.39 is 35.9 Å². The Bertz CT molecular complexity index is 1280. The van der Waals surface area contributed by atoms with Gasteiger partial charge in [-0.05, 0) is 38.1 Å². The van der Waals surface area contributed by atoms with Gasteiger partial charge in [-0.2, -0.15) is 0 Å². The van der Waals surface area contributed by atoms with Gasteiger partial charge in [-0.3, -0.25) is 29.4 Å². The van der Waals surface area contributed by atoms with E-state index in [1.165, 1.54) is 24.3 Å². The van der Waals surface area contributed by atoms with Gasteiger partial charge in [0.2, 0.25) is 0 Å². The van der Waals surface area contributed by atoms with Crippen LogP contribution in [0.3, 0.4) is 0 Å². The molecule has 0 bridgehead atoms. The van der Waals surface area contributed by atoms with Crippen LogP contribution >= 0.6 is 24.0 Å². The van der Waals surface area contributed by atoms with Crippen molar-refractivity contribution in [3.05, 3.63) is 63.0 Å². The zero-order chi connectivity index (χ0) is 27.1. The maximum Gasteiger partial charge on any atom is 0.323 e. The molecule has 0 aromatic heterocycles. The van der Waals surface area contributed by atoms with E-state index in [4.69, 9.17) is 22.1 Å². The summed E-state index contributed by atoms with van der Waals surface area (Å²) in [7, 11) is 0. The summed E-state index contributed by atoms with van der Waals surface area (Å²) in [6.45, 7) is 4.53. The van der Waals surface area contributed by atoms with E-state index in [9.17, 15) is 24.5 Å². The first kappa shape index (κ1) is 27.6. The molecular formula is C24H24N4O7S2. The highest BCUT2D eigenvalue weighted by atomic mass is 32.2. The number of hydrogen-bond donors (Lipinski definition) is 2. The largest absolute Gasteiger partial charge is 0.483 e. The standard InChI is InChI=1S/C24H24N4O7S2/c1-3-26(4-2)17-9-8-15(10-20-23(32)27(13-22(30)31)24(36)37-20)19(12-17)35-14-21(29)25-16-6-5-7-18(11-16)28(33)34/h5-12H,3-4,13-14H2,1-2H3,(H,25,29)(H,30,31)/b20-10+. The predicted octanol–water partition coefficient (Wildman–Crippen LogP) is 3.74. The number of nitro groups is 1. The molecule has 0 atom stereocenters. The lowest BCUT2D eigenvalue weighted by molar-refractivity contribution is -0.384. The fourth-order valence-corrected chi connectivity index (χ4v) is 4.75. The van der Waals surface area contributed by atoms with E-state index in [1.807, 2.05) is 19.9 Å². The first-order valence-corrected chi connectivity index (χ1v) is 12.4. The van der Waals surface area contributed by atoms with Gasteiger partial charge in [0.25, 0.3) is 17.5 Å². The average molecular weight is 545 g/mol. The number of carbonyl (C=O) groups excluding carboxylic acids is 2. The SMILES string of the molecule is CCN(CC)c1ccc(/C=C2/SC(=S)N(CC(=O)O)C2=O)c(OCC(=O)Nc2cccc([N+](=O)[O-])c2)c1. The van der Waals surface area contributed by atoms with Gasteiger partial charge in [-0.15, -0.1) is 0 Å². The zero-order valence-electron chi connectivity index (χ0n) is 20.0. The van der Waals surface area contributed by atoms with Gasteiger partial charge in [0.1, 0.15) is 16.6 Å². The van der Waals surface area contributed by atoms with E-state index in [-0.39, 0.29) is 20.6 Å². The average Bonchev–Trinajstić information content (AvgIpc) is 3.11. The third-order valence-corrected chi connectivity index (χ3v) is 6.66. The number of thiocarbonyl (C=S) groups is 1. The second-order valence-corrected chi connectivity index (χ2v) is 9.38. The summed E-state index contributed by atoms with van der Waals surface area (Å²) in [6, 6.07) is 10.9. The van der Waals surface area contributed by atoms with Crippen LogP contribution in [0.15, 0.2) is 47.4 Å². The molecule has 37 heavy (non-hydrogen) atoms. The first-order valence-electron chi connectivity index (χ1n) is 11.2. The highest BCUT2D eigenvalue weighted by Crippen LogP contribution is 2.35. The number of nitrogens with zero attached hydrogens (tertiary/aromatic N) is 3. The molecule has 0 radical (unpaired) electrons. The van der Waals surface area contributed by atoms with E-state index >= 15 is 0 Å². The Morgan fingerprint density at radius 2 is 1.97 bits per heavy atom. The Kier molecular flexibility index (Phi) is 9.20. The molecule has 1 fully saturated rings. The number of aliphatic carboxylic acids is 1. The molecule has 0 aliphatic carbocycles. The number of anilines is 2. The highest BCUT2D eigenvalue weighted by molar-refractivity contribution is 8.26. The Hall–Kier alpha value is -3.97. The minimum atomic E-state index is -1.18. The van der Waals surface area contributed by atoms with Crippen molar-refractivity contribution in [2.45, 2.75) is 13.8 Å². The second-order valence-electron chi connectivity index (χ2n) is 7.70. The minimum Gasteiger partial charge on any atom is -0.483 e. The third-order valence-electron chi connectivity index (χ3n) is 5.28. The molecule has 11 nitrogen and oxygen atoms in total. The maximum atomic E-state index is 12.7. The lowest BCUT2D eigenvalue weighted by Crippen LogP contribution is -2.33. The number of carboxylic acid groups (broad SMARTS) is 1. The molecule has 1 aliphatic rings. The van der Waals surface area contributed by atoms with Gasteiger partial charge >= 0.3 is 5.97 Å². The van der Waals surface area contributed by atoms with Gasteiger partial charge in [-0.1, -0.05) is 30.0 Å². The van der Waals surface area contributed by atoms with Gasteiger partial charge in [-0.25, -0.2) is 0 Å². The number of non-ortho nitro benzene ring substituents is 1.